The standard InChI is InChI=1S/C23H24N4O/c1-25-21-11-5-3-9-19(21)24-23(25)18-8-6-13-27(15-18)22(28)16-26-14-12-17-7-2-4-10-20(17)26/h2-5,7,9-12,14,18H,6,8,13,15-16H2,1H3. The summed E-state index contributed by atoms with van der Waals surface area (Å²) in [5, 5.41) is 1.17. The zero-order chi connectivity index (χ0) is 19.1. The summed E-state index contributed by atoms with van der Waals surface area (Å²) >= 11 is 0. The first kappa shape index (κ1) is 17.0. The van der Waals surface area contributed by atoms with Crippen LogP contribution in [-0.4, -0.2) is 38.0 Å². The van der Waals surface area contributed by atoms with Gasteiger partial charge in [-0.3, -0.25) is 4.79 Å². The van der Waals surface area contributed by atoms with Crippen LogP contribution < -0.4 is 0 Å². The molecule has 3 heterocycles. The number of hydrogen-bond acceptors (Lipinski definition) is 2. The van der Waals surface area contributed by atoms with Crippen LogP contribution in [0.3, 0.4) is 0 Å². The molecule has 0 N–H and O–H groups in total. The normalized spacial score (nSPS) is 17.5. The van der Waals surface area contributed by atoms with Gasteiger partial charge < -0.3 is 14.0 Å². The van der Waals surface area contributed by atoms with Crippen LogP contribution in [0.2, 0.25) is 0 Å². The summed E-state index contributed by atoms with van der Waals surface area (Å²) in [7, 11) is 2.08. The van der Waals surface area contributed by atoms with Gasteiger partial charge in [0.15, 0.2) is 0 Å². The van der Waals surface area contributed by atoms with Crippen LogP contribution in [-0.2, 0) is 18.4 Å². The number of carbonyl (C=O) groups is 1. The Morgan fingerprint density at radius 2 is 1.86 bits per heavy atom. The molecular weight excluding hydrogens is 348 g/mol. The number of rotatable bonds is 3. The highest BCUT2D eigenvalue weighted by Crippen LogP contribution is 2.29. The molecule has 0 radical (unpaired) electrons. The average Bonchev–Trinajstić information content (AvgIpc) is 3.30. The molecule has 1 saturated heterocycles. The second-order valence-electron chi connectivity index (χ2n) is 7.70. The number of piperidine rings is 1. The Morgan fingerprint density at radius 3 is 2.71 bits per heavy atom. The van der Waals surface area contributed by atoms with Gasteiger partial charge in [0.2, 0.25) is 5.91 Å². The number of aryl methyl sites for hydroxylation is 1. The molecule has 5 heteroatoms. The molecule has 0 bridgehead atoms. The summed E-state index contributed by atoms with van der Waals surface area (Å²) in [5.74, 6) is 1.56. The number of aromatic nitrogens is 3. The fraction of sp³-hybridized carbons (Fsp3) is 0.304. The quantitative estimate of drug-likeness (QED) is 0.547. The van der Waals surface area contributed by atoms with Crippen molar-refractivity contribution in [1.29, 1.82) is 0 Å². The highest BCUT2D eigenvalue weighted by Gasteiger charge is 2.28. The predicted octanol–water partition coefficient (Wildman–Crippen LogP) is 3.93. The van der Waals surface area contributed by atoms with Crippen molar-refractivity contribution in [3.63, 3.8) is 0 Å². The van der Waals surface area contributed by atoms with Crippen LogP contribution in [0.25, 0.3) is 21.9 Å². The van der Waals surface area contributed by atoms with Gasteiger partial charge in [-0.15, -0.1) is 0 Å². The van der Waals surface area contributed by atoms with E-state index in [-0.39, 0.29) is 11.8 Å². The minimum Gasteiger partial charge on any atom is -0.340 e. The zero-order valence-corrected chi connectivity index (χ0v) is 16.1. The minimum absolute atomic E-state index is 0.185. The Kier molecular flexibility index (Phi) is 4.15. The van der Waals surface area contributed by atoms with Gasteiger partial charge in [0, 0.05) is 37.8 Å². The molecule has 1 unspecified atom stereocenters. The molecule has 1 fully saturated rings. The number of para-hydroxylation sites is 3. The van der Waals surface area contributed by atoms with Crippen LogP contribution in [0.5, 0.6) is 0 Å². The first-order chi connectivity index (χ1) is 13.7. The lowest BCUT2D eigenvalue weighted by molar-refractivity contribution is -0.133. The monoisotopic (exact) mass is 372 g/mol. The number of likely N-dealkylation sites (tertiary alicyclic amines) is 1. The van der Waals surface area contributed by atoms with E-state index in [1.807, 2.05) is 35.4 Å². The Hall–Kier alpha value is -3.08. The SMILES string of the molecule is Cn1c(C2CCCN(C(=O)Cn3ccc4ccccc43)C2)nc2ccccc21. The lowest BCUT2D eigenvalue weighted by Gasteiger charge is -2.32. The van der Waals surface area contributed by atoms with Gasteiger partial charge in [0.25, 0.3) is 0 Å². The number of carbonyl (C=O) groups excluding carboxylic acids is 1. The lowest BCUT2D eigenvalue weighted by atomic mass is 9.97. The van der Waals surface area contributed by atoms with E-state index in [4.69, 9.17) is 4.98 Å². The first-order valence-electron chi connectivity index (χ1n) is 9.94. The van der Waals surface area contributed by atoms with Crippen molar-refractivity contribution in [3.8, 4) is 0 Å². The lowest BCUT2D eigenvalue weighted by Crippen LogP contribution is -2.41. The fourth-order valence-electron chi connectivity index (χ4n) is 4.47. The van der Waals surface area contributed by atoms with E-state index in [1.54, 1.807) is 0 Å². The van der Waals surface area contributed by atoms with E-state index >= 15 is 0 Å². The average molecular weight is 372 g/mol. The van der Waals surface area contributed by atoms with E-state index < -0.39 is 0 Å². The van der Waals surface area contributed by atoms with Gasteiger partial charge in [-0.05, 0) is 42.5 Å². The van der Waals surface area contributed by atoms with Crippen molar-refractivity contribution >= 4 is 27.8 Å². The summed E-state index contributed by atoms with van der Waals surface area (Å²) < 4.78 is 4.24. The van der Waals surface area contributed by atoms with Crippen LogP contribution in [0.4, 0.5) is 0 Å². The minimum atomic E-state index is 0.185. The van der Waals surface area contributed by atoms with E-state index in [2.05, 4.69) is 46.5 Å². The molecule has 5 rings (SSSR count). The second kappa shape index (κ2) is 6.82. The number of hydrogen-bond donors (Lipinski definition) is 0. The Labute approximate surface area is 164 Å². The van der Waals surface area contributed by atoms with Gasteiger partial charge >= 0.3 is 0 Å². The molecule has 142 valence electrons. The summed E-state index contributed by atoms with van der Waals surface area (Å²) in [5.41, 5.74) is 3.29. The zero-order valence-electron chi connectivity index (χ0n) is 16.1. The molecule has 0 saturated carbocycles. The summed E-state index contributed by atoms with van der Waals surface area (Å²) in [4.78, 5) is 19.9. The van der Waals surface area contributed by atoms with E-state index in [0.717, 1.165) is 48.3 Å². The summed E-state index contributed by atoms with van der Waals surface area (Å²) in [6, 6.07) is 18.5. The van der Waals surface area contributed by atoms with Crippen molar-refractivity contribution in [2.75, 3.05) is 13.1 Å². The number of fused-ring (bicyclic) bond motifs is 2. The van der Waals surface area contributed by atoms with Crippen LogP contribution >= 0.6 is 0 Å². The molecule has 1 atom stereocenters. The Morgan fingerprint density at radius 1 is 1.07 bits per heavy atom. The maximum Gasteiger partial charge on any atom is 0.242 e. The van der Waals surface area contributed by atoms with Gasteiger partial charge in [-0.2, -0.15) is 0 Å². The van der Waals surface area contributed by atoms with Gasteiger partial charge in [0.05, 0.1) is 11.0 Å². The van der Waals surface area contributed by atoms with Crippen LogP contribution in [0.15, 0.2) is 60.8 Å². The molecule has 5 nitrogen and oxygen atoms in total. The summed E-state index contributed by atoms with van der Waals surface area (Å²) in [6.45, 7) is 1.97. The molecule has 1 aliphatic rings. The summed E-state index contributed by atoms with van der Waals surface area (Å²) in [6.07, 6.45) is 4.11. The highest BCUT2D eigenvalue weighted by molar-refractivity contribution is 5.83. The smallest absolute Gasteiger partial charge is 0.242 e. The maximum absolute atomic E-state index is 13.0. The molecule has 0 spiro atoms. The molecule has 1 amide bonds. The van der Waals surface area contributed by atoms with E-state index in [9.17, 15) is 4.79 Å². The molecule has 28 heavy (non-hydrogen) atoms. The number of amides is 1. The Balaban J connectivity index is 1.36. The third kappa shape index (κ3) is 2.87. The number of nitrogens with zero attached hydrogens (tertiary/aromatic N) is 4. The van der Waals surface area contributed by atoms with Gasteiger partial charge in [-0.1, -0.05) is 30.3 Å². The molecule has 2 aromatic carbocycles. The van der Waals surface area contributed by atoms with Crippen molar-refractivity contribution in [1.82, 2.24) is 19.0 Å². The highest BCUT2D eigenvalue weighted by atomic mass is 16.2. The van der Waals surface area contributed by atoms with Gasteiger partial charge in [-0.25, -0.2) is 4.98 Å². The molecule has 0 aliphatic carbocycles. The Bertz CT molecular complexity index is 1160. The second-order valence-corrected chi connectivity index (χ2v) is 7.70. The number of imidazole rings is 1. The van der Waals surface area contributed by atoms with Crippen LogP contribution in [0, 0.1) is 0 Å². The molecule has 4 aromatic rings. The fourth-order valence-corrected chi connectivity index (χ4v) is 4.47. The van der Waals surface area contributed by atoms with Crippen molar-refractivity contribution in [3.05, 3.63) is 66.6 Å². The van der Waals surface area contributed by atoms with E-state index in [1.165, 1.54) is 5.39 Å². The predicted molar refractivity (Wildman–Crippen MR) is 111 cm³/mol. The third-order valence-corrected chi connectivity index (χ3v) is 5.95. The molecule has 2 aromatic heterocycles. The van der Waals surface area contributed by atoms with Crippen molar-refractivity contribution in [2.45, 2.75) is 25.3 Å². The van der Waals surface area contributed by atoms with Crippen molar-refractivity contribution in [2.24, 2.45) is 7.05 Å². The first-order valence-corrected chi connectivity index (χ1v) is 9.94. The third-order valence-electron chi connectivity index (χ3n) is 5.95. The largest absolute Gasteiger partial charge is 0.340 e. The molecule has 1 aliphatic heterocycles. The van der Waals surface area contributed by atoms with Crippen molar-refractivity contribution < 1.29 is 4.79 Å². The van der Waals surface area contributed by atoms with E-state index in [0.29, 0.717) is 6.54 Å². The van der Waals surface area contributed by atoms with Crippen LogP contribution in [0.1, 0.15) is 24.6 Å². The topological polar surface area (TPSA) is 43.1 Å². The maximum atomic E-state index is 13.0. The molecular formula is C23H24N4O. The van der Waals surface area contributed by atoms with Gasteiger partial charge in [0.1, 0.15) is 12.4 Å². The number of benzene rings is 2.